The summed E-state index contributed by atoms with van der Waals surface area (Å²) in [5.41, 5.74) is 0. The van der Waals surface area contributed by atoms with Crippen molar-refractivity contribution in [3.8, 4) is 0 Å². The molecule has 1 fully saturated rings. The molecule has 0 bridgehead atoms. The monoisotopic (exact) mass is 211 g/mol. The Morgan fingerprint density at radius 2 is 2.17 bits per heavy atom. The molecule has 0 heterocycles. The van der Waals surface area contributed by atoms with E-state index in [0.717, 1.165) is 6.42 Å². The Morgan fingerprint density at radius 1 is 1.58 bits per heavy atom. The average Bonchev–Trinajstić information content (AvgIpc) is 2.61. The highest BCUT2D eigenvalue weighted by Gasteiger charge is 2.35. The third-order valence-electron chi connectivity index (χ3n) is 1.99. The van der Waals surface area contributed by atoms with Gasteiger partial charge in [0.2, 0.25) is 10.0 Å². The van der Waals surface area contributed by atoms with E-state index in [1.54, 1.807) is 0 Å². The van der Waals surface area contributed by atoms with Crippen LogP contribution in [0.25, 0.3) is 0 Å². The Balaban J connectivity index is 2.28. The highest BCUT2D eigenvalue weighted by Crippen LogP contribution is 2.29. The van der Waals surface area contributed by atoms with Gasteiger partial charge in [-0.05, 0) is 18.8 Å². The molecule has 0 aromatic heterocycles. The summed E-state index contributed by atoms with van der Waals surface area (Å²) in [5.74, 6) is 1.07. The van der Waals surface area contributed by atoms with Crippen LogP contribution in [0.5, 0.6) is 0 Å². The van der Waals surface area contributed by atoms with Crippen LogP contribution in [-0.4, -0.2) is 26.1 Å². The van der Waals surface area contributed by atoms with Crippen molar-refractivity contribution >= 4 is 21.6 Å². The molecule has 1 rings (SSSR count). The number of sulfonamides is 1. The minimum Gasteiger partial charge on any atom is -0.212 e. The molecule has 1 aliphatic carbocycles. The summed E-state index contributed by atoms with van der Waals surface area (Å²) in [4.78, 5) is 0. The van der Waals surface area contributed by atoms with Crippen molar-refractivity contribution in [2.75, 3.05) is 11.6 Å². The molecular formula is C7H14ClNO2S. The highest BCUT2D eigenvalue weighted by molar-refractivity contribution is 7.89. The predicted octanol–water partition coefficient (Wildman–Crippen LogP) is 0.943. The maximum Gasteiger partial charge on any atom is 0.211 e. The minimum absolute atomic E-state index is 0.153. The van der Waals surface area contributed by atoms with Crippen LogP contribution in [0.2, 0.25) is 0 Å². The molecular weight excluding hydrogens is 198 g/mol. The number of halogens is 1. The van der Waals surface area contributed by atoms with Gasteiger partial charge >= 0.3 is 0 Å². The molecule has 3 nitrogen and oxygen atoms in total. The third-order valence-corrected chi connectivity index (χ3v) is 3.74. The second-order valence-corrected chi connectivity index (χ2v) is 5.55. The van der Waals surface area contributed by atoms with Gasteiger partial charge in [0.05, 0.1) is 5.75 Å². The second-order valence-electron chi connectivity index (χ2n) is 3.30. The van der Waals surface area contributed by atoms with Gasteiger partial charge in [-0.25, -0.2) is 13.1 Å². The van der Waals surface area contributed by atoms with Gasteiger partial charge in [0.15, 0.2) is 0 Å². The van der Waals surface area contributed by atoms with E-state index in [4.69, 9.17) is 11.6 Å². The predicted molar refractivity (Wildman–Crippen MR) is 49.8 cm³/mol. The van der Waals surface area contributed by atoms with E-state index in [-0.39, 0.29) is 11.8 Å². The summed E-state index contributed by atoms with van der Waals surface area (Å²) in [6.45, 7) is 2.04. The number of alkyl halides is 1. The lowest BCUT2D eigenvalue weighted by atomic mass is 10.5. The highest BCUT2D eigenvalue weighted by atomic mass is 35.5. The Labute approximate surface area is 78.5 Å². The Kier molecular flexibility index (Phi) is 3.37. The van der Waals surface area contributed by atoms with Gasteiger partial charge < -0.3 is 0 Å². The maximum atomic E-state index is 11.2. The van der Waals surface area contributed by atoms with Gasteiger partial charge in [0.1, 0.15) is 0 Å². The summed E-state index contributed by atoms with van der Waals surface area (Å²) < 4.78 is 25.1. The summed E-state index contributed by atoms with van der Waals surface area (Å²) in [5, 5.41) is 0. The molecule has 0 aliphatic heterocycles. The van der Waals surface area contributed by atoms with E-state index >= 15 is 0 Å². The molecule has 1 saturated carbocycles. The van der Waals surface area contributed by atoms with Crippen molar-refractivity contribution in [1.82, 2.24) is 4.72 Å². The Hall–Kier alpha value is 0.200. The topological polar surface area (TPSA) is 46.2 Å². The number of hydrogen-bond donors (Lipinski definition) is 1. The van der Waals surface area contributed by atoms with E-state index < -0.39 is 10.0 Å². The smallest absolute Gasteiger partial charge is 0.211 e. The first-order valence-electron chi connectivity index (χ1n) is 4.11. The van der Waals surface area contributed by atoms with E-state index in [0.29, 0.717) is 18.2 Å². The molecule has 0 radical (unpaired) electrons. The van der Waals surface area contributed by atoms with Gasteiger partial charge in [-0.15, -0.1) is 11.6 Å². The lowest BCUT2D eigenvalue weighted by Crippen LogP contribution is -2.29. The van der Waals surface area contributed by atoms with Crippen LogP contribution in [0.4, 0.5) is 0 Å². The largest absolute Gasteiger partial charge is 0.212 e. The van der Waals surface area contributed by atoms with Gasteiger partial charge in [0.25, 0.3) is 0 Å². The Morgan fingerprint density at radius 3 is 2.58 bits per heavy atom. The molecule has 0 spiro atoms. The molecule has 0 aromatic carbocycles. The van der Waals surface area contributed by atoms with Gasteiger partial charge in [-0.2, -0.15) is 0 Å². The molecule has 12 heavy (non-hydrogen) atoms. The van der Waals surface area contributed by atoms with Crippen LogP contribution in [0.1, 0.15) is 19.8 Å². The summed E-state index contributed by atoms with van der Waals surface area (Å²) in [6, 6.07) is 0.185. The molecule has 0 aromatic rings. The fourth-order valence-electron chi connectivity index (χ4n) is 1.02. The van der Waals surface area contributed by atoms with E-state index in [9.17, 15) is 8.42 Å². The zero-order valence-electron chi connectivity index (χ0n) is 7.09. The molecule has 2 unspecified atom stereocenters. The SMILES string of the molecule is CC1CC1NS(=O)(=O)CCCCl. The van der Waals surface area contributed by atoms with Crippen LogP contribution in [0.3, 0.4) is 0 Å². The van der Waals surface area contributed by atoms with Crippen molar-refractivity contribution in [3.63, 3.8) is 0 Å². The van der Waals surface area contributed by atoms with Crippen molar-refractivity contribution in [2.45, 2.75) is 25.8 Å². The molecule has 0 saturated heterocycles. The number of hydrogen-bond acceptors (Lipinski definition) is 2. The van der Waals surface area contributed by atoms with E-state index in [1.807, 2.05) is 6.92 Å². The fourth-order valence-corrected chi connectivity index (χ4v) is 2.74. The van der Waals surface area contributed by atoms with Crippen LogP contribution in [0, 0.1) is 5.92 Å². The van der Waals surface area contributed by atoms with Crippen molar-refractivity contribution < 1.29 is 8.42 Å². The van der Waals surface area contributed by atoms with Crippen molar-refractivity contribution in [1.29, 1.82) is 0 Å². The molecule has 2 atom stereocenters. The minimum atomic E-state index is -3.05. The quantitative estimate of drug-likeness (QED) is 0.689. The first-order valence-corrected chi connectivity index (χ1v) is 6.30. The van der Waals surface area contributed by atoms with Crippen LogP contribution in [-0.2, 0) is 10.0 Å². The Bertz CT molecular complexity index is 240. The van der Waals surface area contributed by atoms with E-state index in [1.165, 1.54) is 0 Å². The normalized spacial score (nSPS) is 28.8. The molecule has 72 valence electrons. The molecule has 0 amide bonds. The molecule has 1 N–H and O–H groups in total. The van der Waals surface area contributed by atoms with E-state index in [2.05, 4.69) is 4.72 Å². The lowest BCUT2D eigenvalue weighted by Gasteiger charge is -2.03. The van der Waals surface area contributed by atoms with Gasteiger partial charge in [0, 0.05) is 11.9 Å². The average molecular weight is 212 g/mol. The summed E-state index contributed by atoms with van der Waals surface area (Å²) in [6.07, 6.45) is 1.50. The standard InChI is InChI=1S/C7H14ClNO2S/c1-6-5-7(6)9-12(10,11)4-2-3-8/h6-7,9H,2-5H2,1H3. The van der Waals surface area contributed by atoms with Gasteiger partial charge in [-0.3, -0.25) is 0 Å². The maximum absolute atomic E-state index is 11.2. The first-order chi connectivity index (χ1) is 5.55. The zero-order valence-corrected chi connectivity index (χ0v) is 8.66. The van der Waals surface area contributed by atoms with Gasteiger partial charge in [-0.1, -0.05) is 6.92 Å². The first kappa shape index (κ1) is 10.3. The van der Waals surface area contributed by atoms with Crippen LogP contribution in [0.15, 0.2) is 0 Å². The number of nitrogens with one attached hydrogen (secondary N) is 1. The lowest BCUT2D eigenvalue weighted by molar-refractivity contribution is 0.577. The van der Waals surface area contributed by atoms with Crippen LogP contribution >= 0.6 is 11.6 Å². The van der Waals surface area contributed by atoms with Crippen molar-refractivity contribution in [3.05, 3.63) is 0 Å². The van der Waals surface area contributed by atoms with Crippen molar-refractivity contribution in [2.24, 2.45) is 5.92 Å². The summed E-state index contributed by atoms with van der Waals surface area (Å²) in [7, 11) is -3.05. The number of rotatable bonds is 5. The molecule has 5 heteroatoms. The molecule has 1 aliphatic rings. The van der Waals surface area contributed by atoms with Crippen LogP contribution < -0.4 is 4.72 Å². The summed E-state index contributed by atoms with van der Waals surface area (Å²) >= 11 is 5.40. The fraction of sp³-hybridized carbons (Fsp3) is 1.00. The third kappa shape index (κ3) is 3.29. The zero-order chi connectivity index (χ0) is 9.19. The second kappa shape index (κ2) is 3.94.